The number of carboxylic acid groups (broad SMARTS) is 1. The summed E-state index contributed by atoms with van der Waals surface area (Å²) in [7, 11) is -3.08. The van der Waals surface area contributed by atoms with Crippen LogP contribution in [0.2, 0.25) is 5.02 Å². The smallest absolute Gasteiger partial charge is 0.339 e. The van der Waals surface area contributed by atoms with Gasteiger partial charge in [-0.25, -0.2) is 13.2 Å². The van der Waals surface area contributed by atoms with Crippen LogP contribution < -0.4 is 0 Å². The second kappa shape index (κ2) is 7.57. The Labute approximate surface area is 133 Å². The first kappa shape index (κ1) is 18.4. The molecule has 0 saturated heterocycles. The average Bonchev–Trinajstić information content (AvgIpc) is 2.45. The van der Waals surface area contributed by atoms with Crippen LogP contribution >= 0.6 is 11.6 Å². The van der Waals surface area contributed by atoms with E-state index >= 15 is 0 Å². The minimum atomic E-state index is -4.20. The Bertz CT molecular complexity index is 673. The number of carboxylic acids is 1. The van der Waals surface area contributed by atoms with Gasteiger partial charge >= 0.3 is 11.9 Å². The maximum Gasteiger partial charge on any atom is 0.339 e. The minimum absolute atomic E-state index is 0.00175. The van der Waals surface area contributed by atoms with Crippen molar-refractivity contribution in [3.63, 3.8) is 0 Å². The van der Waals surface area contributed by atoms with Crippen molar-refractivity contribution in [2.75, 3.05) is 20.2 Å². The van der Waals surface area contributed by atoms with Crippen LogP contribution in [-0.2, 0) is 19.6 Å². The van der Waals surface area contributed by atoms with E-state index < -0.39 is 28.5 Å². The van der Waals surface area contributed by atoms with Crippen LogP contribution in [0.3, 0.4) is 0 Å². The molecule has 0 aliphatic carbocycles. The van der Waals surface area contributed by atoms with Crippen molar-refractivity contribution in [3.05, 3.63) is 28.8 Å². The molecule has 1 N–H and O–H groups in total. The van der Waals surface area contributed by atoms with Gasteiger partial charge in [-0.2, -0.15) is 4.31 Å². The summed E-state index contributed by atoms with van der Waals surface area (Å²) < 4.78 is 30.6. The standard InChI is InChI=1S/C13H16ClNO6S/c1-3-6-15(8-12(16)17)22(19,20)11-7-9(14)4-5-10(11)13(18)21-2/h4-5,7H,3,6,8H2,1-2H3,(H,16,17). The number of nitrogens with zero attached hydrogens (tertiary/aromatic N) is 1. The number of benzene rings is 1. The summed E-state index contributed by atoms with van der Waals surface area (Å²) in [6, 6.07) is 3.69. The summed E-state index contributed by atoms with van der Waals surface area (Å²) in [5.41, 5.74) is -0.196. The second-order valence-electron chi connectivity index (χ2n) is 4.36. The minimum Gasteiger partial charge on any atom is -0.480 e. The summed E-state index contributed by atoms with van der Waals surface area (Å²) in [5.74, 6) is -2.14. The van der Waals surface area contributed by atoms with Gasteiger partial charge in [0.2, 0.25) is 10.0 Å². The maximum atomic E-state index is 12.6. The number of halogens is 1. The predicted octanol–water partition coefficient (Wildman–Crippen LogP) is 1.61. The molecule has 0 aromatic heterocycles. The molecule has 0 atom stereocenters. The van der Waals surface area contributed by atoms with Crippen molar-refractivity contribution in [3.8, 4) is 0 Å². The molecular weight excluding hydrogens is 334 g/mol. The number of esters is 1. The zero-order valence-corrected chi connectivity index (χ0v) is 13.6. The van der Waals surface area contributed by atoms with E-state index in [9.17, 15) is 18.0 Å². The predicted molar refractivity (Wildman–Crippen MR) is 79.5 cm³/mol. The first-order valence-corrected chi connectivity index (χ1v) is 8.15. The van der Waals surface area contributed by atoms with Crippen LogP contribution in [-0.4, -0.2) is 50.0 Å². The van der Waals surface area contributed by atoms with Gasteiger partial charge in [0.05, 0.1) is 17.6 Å². The van der Waals surface area contributed by atoms with Crippen LogP contribution in [0.25, 0.3) is 0 Å². The fourth-order valence-electron chi connectivity index (χ4n) is 1.81. The largest absolute Gasteiger partial charge is 0.480 e. The number of carbonyl (C=O) groups is 2. The Morgan fingerprint density at radius 1 is 1.36 bits per heavy atom. The molecule has 22 heavy (non-hydrogen) atoms. The van der Waals surface area contributed by atoms with E-state index in [1.165, 1.54) is 12.1 Å². The van der Waals surface area contributed by atoms with Crippen molar-refractivity contribution in [1.29, 1.82) is 0 Å². The molecule has 0 unspecified atom stereocenters. The Balaban J connectivity index is 3.45. The first-order chi connectivity index (χ1) is 10.2. The molecule has 1 aromatic rings. The average molecular weight is 350 g/mol. The van der Waals surface area contributed by atoms with Crippen molar-refractivity contribution in [1.82, 2.24) is 4.31 Å². The van der Waals surface area contributed by atoms with Crippen LogP contribution in [0, 0.1) is 0 Å². The highest BCUT2D eigenvalue weighted by Crippen LogP contribution is 2.25. The molecule has 0 aliphatic rings. The third-order valence-corrected chi connectivity index (χ3v) is 4.87. The lowest BCUT2D eigenvalue weighted by atomic mass is 10.2. The van der Waals surface area contributed by atoms with Gasteiger partial charge in [0, 0.05) is 11.6 Å². The SMILES string of the molecule is CCCN(CC(=O)O)S(=O)(=O)c1cc(Cl)ccc1C(=O)OC. The Hall–Kier alpha value is -1.64. The Kier molecular flexibility index (Phi) is 6.34. The van der Waals surface area contributed by atoms with Gasteiger partial charge in [-0.1, -0.05) is 18.5 Å². The van der Waals surface area contributed by atoms with Gasteiger partial charge in [-0.05, 0) is 24.6 Å². The van der Waals surface area contributed by atoms with Crippen LogP contribution in [0.1, 0.15) is 23.7 Å². The van der Waals surface area contributed by atoms with Gasteiger partial charge in [0.1, 0.15) is 6.54 Å². The molecular formula is C13H16ClNO6S. The van der Waals surface area contributed by atoms with Crippen molar-refractivity contribution < 1.29 is 27.9 Å². The zero-order chi connectivity index (χ0) is 16.9. The monoisotopic (exact) mass is 349 g/mol. The first-order valence-electron chi connectivity index (χ1n) is 6.33. The number of carbonyl (C=O) groups excluding carboxylic acids is 1. The number of ether oxygens (including phenoxy) is 1. The van der Waals surface area contributed by atoms with Gasteiger partial charge < -0.3 is 9.84 Å². The molecule has 0 radical (unpaired) electrons. The number of hydrogen-bond donors (Lipinski definition) is 1. The molecule has 0 heterocycles. The Morgan fingerprint density at radius 3 is 2.50 bits per heavy atom. The third-order valence-electron chi connectivity index (χ3n) is 2.75. The lowest BCUT2D eigenvalue weighted by molar-refractivity contribution is -0.137. The van der Waals surface area contributed by atoms with Crippen molar-refractivity contribution >= 4 is 33.6 Å². The van der Waals surface area contributed by atoms with Crippen LogP contribution in [0.4, 0.5) is 0 Å². The van der Waals surface area contributed by atoms with E-state index in [2.05, 4.69) is 4.74 Å². The molecule has 0 aliphatic heterocycles. The summed E-state index contributed by atoms with van der Waals surface area (Å²) >= 11 is 5.81. The number of sulfonamides is 1. The summed E-state index contributed by atoms with van der Waals surface area (Å²) in [6.07, 6.45) is 0.417. The van der Waals surface area contributed by atoms with Crippen molar-refractivity contribution in [2.45, 2.75) is 18.2 Å². The van der Waals surface area contributed by atoms with Crippen LogP contribution in [0.15, 0.2) is 23.1 Å². The Morgan fingerprint density at radius 2 is 2.00 bits per heavy atom. The molecule has 1 rings (SSSR count). The van der Waals surface area contributed by atoms with E-state index in [1.54, 1.807) is 6.92 Å². The molecule has 1 aromatic carbocycles. The topological polar surface area (TPSA) is 101 Å². The third kappa shape index (κ3) is 4.19. The van der Waals surface area contributed by atoms with E-state index in [4.69, 9.17) is 16.7 Å². The molecule has 9 heteroatoms. The van der Waals surface area contributed by atoms with Crippen molar-refractivity contribution in [2.24, 2.45) is 0 Å². The summed E-state index contributed by atoms with van der Waals surface area (Å²) in [4.78, 5) is 22.2. The van der Waals surface area contributed by atoms with Gasteiger partial charge in [0.15, 0.2) is 0 Å². The lowest BCUT2D eigenvalue weighted by Gasteiger charge is -2.21. The number of methoxy groups -OCH3 is 1. The highest BCUT2D eigenvalue weighted by molar-refractivity contribution is 7.89. The molecule has 122 valence electrons. The lowest BCUT2D eigenvalue weighted by Crippen LogP contribution is -2.37. The highest BCUT2D eigenvalue weighted by atomic mass is 35.5. The van der Waals surface area contributed by atoms with Gasteiger partial charge in [-0.3, -0.25) is 4.79 Å². The summed E-state index contributed by atoms with van der Waals surface area (Å²) in [5, 5.41) is 8.99. The number of aliphatic carboxylic acids is 1. The quantitative estimate of drug-likeness (QED) is 0.750. The van der Waals surface area contributed by atoms with E-state index in [-0.39, 0.29) is 22.0 Å². The number of rotatable bonds is 7. The summed E-state index contributed by atoms with van der Waals surface area (Å²) in [6.45, 7) is 1.01. The zero-order valence-electron chi connectivity index (χ0n) is 12.1. The van der Waals surface area contributed by atoms with E-state index in [0.717, 1.165) is 17.5 Å². The normalized spacial score (nSPS) is 11.5. The van der Waals surface area contributed by atoms with Crippen LogP contribution in [0.5, 0.6) is 0 Å². The molecule has 0 bridgehead atoms. The molecule has 0 amide bonds. The fraction of sp³-hybridized carbons (Fsp3) is 0.385. The maximum absolute atomic E-state index is 12.6. The molecule has 7 nitrogen and oxygen atoms in total. The molecule has 0 fully saturated rings. The second-order valence-corrected chi connectivity index (χ2v) is 6.71. The fourth-order valence-corrected chi connectivity index (χ4v) is 3.74. The van der Waals surface area contributed by atoms with E-state index in [0.29, 0.717) is 6.42 Å². The molecule has 0 saturated carbocycles. The highest BCUT2D eigenvalue weighted by Gasteiger charge is 2.30. The van der Waals surface area contributed by atoms with E-state index in [1.807, 2.05) is 0 Å². The molecule has 0 spiro atoms. The van der Waals surface area contributed by atoms with Gasteiger partial charge in [-0.15, -0.1) is 0 Å². The van der Waals surface area contributed by atoms with Gasteiger partial charge in [0.25, 0.3) is 0 Å². The number of hydrogen-bond acceptors (Lipinski definition) is 5.